The monoisotopic (exact) mass is 559 g/mol. The van der Waals surface area contributed by atoms with E-state index in [9.17, 15) is 22.8 Å². The van der Waals surface area contributed by atoms with Crippen molar-refractivity contribution in [3.05, 3.63) is 41.4 Å². The third-order valence-corrected chi connectivity index (χ3v) is 10.7. The van der Waals surface area contributed by atoms with Crippen molar-refractivity contribution in [2.24, 2.45) is 0 Å². The molecule has 4 fully saturated rings. The van der Waals surface area contributed by atoms with Gasteiger partial charge in [0, 0.05) is 38.1 Å². The van der Waals surface area contributed by atoms with E-state index in [0.717, 1.165) is 10.8 Å². The Morgan fingerprint density at radius 2 is 1.68 bits per heavy atom. The Bertz CT molecular complexity index is 1470. The van der Waals surface area contributed by atoms with Gasteiger partial charge >= 0.3 is 6.03 Å². The topological polar surface area (TPSA) is 102 Å². The molecule has 2 spiro atoms. The first-order valence-electron chi connectivity index (χ1n) is 12.8. The molecule has 4 aliphatic rings. The van der Waals surface area contributed by atoms with Crippen LogP contribution >= 0.6 is 11.6 Å². The second-order valence-corrected chi connectivity index (χ2v) is 13.2. The second-order valence-electron chi connectivity index (χ2n) is 10.8. The van der Waals surface area contributed by atoms with Crippen molar-refractivity contribution in [1.82, 2.24) is 23.9 Å². The van der Waals surface area contributed by atoms with Gasteiger partial charge in [-0.1, -0.05) is 30.7 Å². The number of carbonyl (C=O) groups excluding carboxylic acids is 3. The molecule has 1 unspecified atom stereocenters. The maximum atomic E-state index is 13.9. The largest absolute Gasteiger partial charge is 0.343 e. The Kier molecular flexibility index (Phi) is 5.72. The van der Waals surface area contributed by atoms with E-state index in [-0.39, 0.29) is 42.4 Å². The number of nitrogens with zero attached hydrogens (tertiary/aromatic N) is 5. The number of fused-ring (bicyclic) bond motifs is 2. The minimum atomic E-state index is -4.04. The summed E-state index contributed by atoms with van der Waals surface area (Å²) in [6.45, 7) is 3.11. The van der Waals surface area contributed by atoms with Gasteiger partial charge in [0.15, 0.2) is 5.66 Å². The van der Waals surface area contributed by atoms with Gasteiger partial charge in [0.2, 0.25) is 21.8 Å². The molecule has 0 N–H and O–H groups in total. The molecule has 12 heteroatoms. The van der Waals surface area contributed by atoms with Gasteiger partial charge in [-0.25, -0.2) is 13.2 Å². The van der Waals surface area contributed by atoms with Crippen molar-refractivity contribution >= 4 is 50.2 Å². The van der Waals surface area contributed by atoms with Crippen LogP contribution in [0.3, 0.4) is 0 Å². The summed E-state index contributed by atoms with van der Waals surface area (Å²) in [5, 5.41) is 2.10. The molecule has 202 valence electrons. The molecular weight excluding hydrogens is 530 g/mol. The van der Waals surface area contributed by atoms with E-state index in [2.05, 4.69) is 0 Å². The van der Waals surface area contributed by atoms with Crippen molar-refractivity contribution in [2.75, 3.05) is 46.3 Å². The summed E-state index contributed by atoms with van der Waals surface area (Å²) < 4.78 is 29.0. The number of amides is 4. The third-order valence-electron chi connectivity index (χ3n) is 8.66. The molecule has 0 aromatic heterocycles. The summed E-state index contributed by atoms with van der Waals surface area (Å²) in [5.41, 5.74) is -1.72. The summed E-state index contributed by atoms with van der Waals surface area (Å²) in [7, 11) is -2.35. The zero-order valence-electron chi connectivity index (χ0n) is 21.4. The molecule has 4 amide bonds. The number of rotatable bonds is 3. The Balaban J connectivity index is 1.35. The molecule has 0 aliphatic carbocycles. The zero-order valence-corrected chi connectivity index (χ0v) is 23.0. The maximum absolute atomic E-state index is 13.9. The lowest BCUT2D eigenvalue weighted by Crippen LogP contribution is -2.68. The van der Waals surface area contributed by atoms with E-state index >= 15 is 0 Å². The molecule has 38 heavy (non-hydrogen) atoms. The minimum absolute atomic E-state index is 0.00480. The summed E-state index contributed by atoms with van der Waals surface area (Å²) in [6.07, 6.45) is 1.51. The van der Waals surface area contributed by atoms with Gasteiger partial charge in [-0.05, 0) is 47.9 Å². The quantitative estimate of drug-likeness (QED) is 0.574. The van der Waals surface area contributed by atoms with Gasteiger partial charge in [-0.2, -0.15) is 4.31 Å². The highest BCUT2D eigenvalue weighted by atomic mass is 35.5. The molecule has 6 rings (SSSR count). The molecule has 1 atom stereocenters. The zero-order chi connectivity index (χ0) is 27.0. The lowest BCUT2D eigenvalue weighted by Gasteiger charge is -2.47. The highest BCUT2D eigenvalue weighted by molar-refractivity contribution is 7.89. The molecular formula is C26H30ClN5O5S. The molecule has 4 aliphatic heterocycles. The fourth-order valence-electron chi connectivity index (χ4n) is 6.78. The molecule has 2 aromatic carbocycles. The fraction of sp³-hybridized carbons (Fsp3) is 0.500. The smallest absolute Gasteiger partial charge is 0.322 e. The summed E-state index contributed by atoms with van der Waals surface area (Å²) >= 11 is 6.08. The average molecular weight is 560 g/mol. The van der Waals surface area contributed by atoms with Gasteiger partial charge in [-0.3, -0.25) is 14.5 Å². The molecule has 2 aromatic rings. The van der Waals surface area contributed by atoms with E-state index in [1.165, 1.54) is 10.4 Å². The number of sulfonamides is 1. The predicted molar refractivity (Wildman–Crippen MR) is 141 cm³/mol. The number of piperazine rings is 1. The average Bonchev–Trinajstić information content (AvgIpc) is 3.31. The van der Waals surface area contributed by atoms with Crippen LogP contribution in [0.4, 0.5) is 4.79 Å². The fourth-order valence-corrected chi connectivity index (χ4v) is 8.43. The molecule has 0 saturated carbocycles. The number of likely N-dealkylation sites (N-methyl/N-ethyl adjacent to an activating group) is 1. The van der Waals surface area contributed by atoms with Crippen molar-refractivity contribution in [2.45, 2.75) is 42.3 Å². The van der Waals surface area contributed by atoms with Crippen LogP contribution in [0.2, 0.25) is 5.02 Å². The van der Waals surface area contributed by atoms with E-state index < -0.39 is 21.2 Å². The van der Waals surface area contributed by atoms with Crippen LogP contribution in [0.25, 0.3) is 10.8 Å². The van der Waals surface area contributed by atoms with Crippen LogP contribution in [-0.4, -0.2) is 108 Å². The Hall–Kier alpha value is -2.89. The predicted octanol–water partition coefficient (Wildman–Crippen LogP) is 2.17. The van der Waals surface area contributed by atoms with Gasteiger partial charge in [-0.15, -0.1) is 0 Å². The number of benzene rings is 2. The summed E-state index contributed by atoms with van der Waals surface area (Å²) in [6, 6.07) is 9.86. The van der Waals surface area contributed by atoms with Crippen LogP contribution in [0.15, 0.2) is 41.3 Å². The van der Waals surface area contributed by atoms with Crippen molar-refractivity contribution in [3.63, 3.8) is 0 Å². The van der Waals surface area contributed by atoms with Crippen LogP contribution in [0, 0.1) is 0 Å². The van der Waals surface area contributed by atoms with Crippen LogP contribution < -0.4 is 0 Å². The SMILES string of the molecule is CCC(=O)N1CCC2(CC1)CN1C(=O)CN(S(=O)(=O)c3ccc4cc(Cl)ccc4c3)CC13CN(C)C(=O)N23. The van der Waals surface area contributed by atoms with Crippen LogP contribution in [0.1, 0.15) is 26.2 Å². The first kappa shape index (κ1) is 25.4. The van der Waals surface area contributed by atoms with Gasteiger partial charge < -0.3 is 14.7 Å². The maximum Gasteiger partial charge on any atom is 0.322 e. The molecule has 4 heterocycles. The van der Waals surface area contributed by atoms with Crippen molar-refractivity contribution < 1.29 is 22.8 Å². The first-order chi connectivity index (χ1) is 18.0. The van der Waals surface area contributed by atoms with E-state index in [4.69, 9.17) is 11.6 Å². The number of carbonyl (C=O) groups is 3. The number of hydrogen-bond donors (Lipinski definition) is 0. The number of likely N-dealkylation sites (tertiary alicyclic amines) is 1. The van der Waals surface area contributed by atoms with E-state index in [1.54, 1.807) is 52.1 Å². The van der Waals surface area contributed by atoms with Gasteiger partial charge in [0.1, 0.15) is 0 Å². The van der Waals surface area contributed by atoms with Crippen molar-refractivity contribution in [1.29, 1.82) is 0 Å². The lowest BCUT2D eigenvalue weighted by atomic mass is 9.86. The number of halogens is 1. The Morgan fingerprint density at radius 3 is 2.39 bits per heavy atom. The first-order valence-corrected chi connectivity index (χ1v) is 14.7. The van der Waals surface area contributed by atoms with E-state index in [0.29, 0.717) is 43.9 Å². The lowest BCUT2D eigenvalue weighted by molar-refractivity contribution is -0.143. The Morgan fingerprint density at radius 1 is 1.00 bits per heavy atom. The summed E-state index contributed by atoms with van der Waals surface area (Å²) in [5.74, 6) is -0.245. The van der Waals surface area contributed by atoms with Gasteiger partial charge in [0.05, 0.1) is 30.1 Å². The van der Waals surface area contributed by atoms with Gasteiger partial charge in [0.25, 0.3) is 0 Å². The van der Waals surface area contributed by atoms with Crippen LogP contribution in [0.5, 0.6) is 0 Å². The number of hydrogen-bond acceptors (Lipinski definition) is 5. The number of urea groups is 1. The van der Waals surface area contributed by atoms with Crippen molar-refractivity contribution in [3.8, 4) is 0 Å². The molecule has 10 nitrogen and oxygen atoms in total. The van der Waals surface area contributed by atoms with Crippen LogP contribution in [-0.2, 0) is 19.6 Å². The minimum Gasteiger partial charge on any atom is -0.343 e. The molecule has 0 radical (unpaired) electrons. The molecule has 0 bridgehead atoms. The normalized spacial score (nSPS) is 25.4. The third kappa shape index (κ3) is 3.55. The number of piperidine rings is 1. The highest BCUT2D eigenvalue weighted by Gasteiger charge is 2.69. The second kappa shape index (κ2) is 8.56. The van der Waals surface area contributed by atoms with E-state index in [1.807, 2.05) is 11.8 Å². The summed E-state index contributed by atoms with van der Waals surface area (Å²) in [4.78, 5) is 46.4. The highest BCUT2D eigenvalue weighted by Crippen LogP contribution is 2.49. The molecule has 4 saturated heterocycles. The Labute approximate surface area is 226 Å². The standard InChI is InChI=1S/C26H30ClN5O5S/c1-3-22(33)29-10-8-25(9-11-29)15-31-23(34)14-30(17-26(31)16-28(2)24(35)32(25)26)38(36,37)21-7-5-18-12-20(27)6-4-19(18)13-21/h4-7,12-13H,3,8-11,14-17H2,1-2H3.